The summed E-state index contributed by atoms with van der Waals surface area (Å²) < 4.78 is 0. The Kier molecular flexibility index (Phi) is 9.76. The van der Waals surface area contributed by atoms with Crippen LogP contribution < -0.4 is 16.0 Å². The van der Waals surface area contributed by atoms with Crippen molar-refractivity contribution < 1.29 is 4.79 Å². The Morgan fingerprint density at radius 2 is 2.04 bits per heavy atom. The van der Waals surface area contributed by atoms with E-state index in [1.165, 1.54) is 0 Å². The maximum Gasteiger partial charge on any atom is 0.220 e. The van der Waals surface area contributed by atoms with Crippen LogP contribution in [0.5, 0.6) is 0 Å². The number of benzene rings is 1. The quantitative estimate of drug-likeness (QED) is 0.241. The number of hydrogen-bond acceptors (Lipinski definition) is 2. The number of carbonyl (C=O) groups is 1. The number of carbonyl (C=O) groups excluding carboxylic acids is 1. The summed E-state index contributed by atoms with van der Waals surface area (Å²) in [5.41, 5.74) is 0.947. The molecule has 1 aromatic carbocycles. The fraction of sp³-hybridized carbons (Fsp3) is 0.500. The molecule has 3 N–H and O–H groups in total. The van der Waals surface area contributed by atoms with Gasteiger partial charge in [-0.25, -0.2) is 0 Å². The van der Waals surface area contributed by atoms with Crippen molar-refractivity contribution in [2.24, 2.45) is 4.99 Å². The summed E-state index contributed by atoms with van der Waals surface area (Å²) in [6, 6.07) is 5.83. The molecule has 1 aliphatic rings. The van der Waals surface area contributed by atoms with E-state index in [-0.39, 0.29) is 29.9 Å². The zero-order valence-electron chi connectivity index (χ0n) is 13.6. The lowest BCUT2D eigenvalue weighted by atomic mass is 10.2. The molecule has 1 amide bonds. The highest BCUT2D eigenvalue weighted by Crippen LogP contribution is 2.20. The van der Waals surface area contributed by atoms with E-state index in [1.54, 1.807) is 19.2 Å². The molecule has 0 bridgehead atoms. The number of hydrogen-bond donors (Lipinski definition) is 3. The van der Waals surface area contributed by atoms with Gasteiger partial charge in [0, 0.05) is 42.6 Å². The molecular weight excluding hydrogens is 462 g/mol. The van der Waals surface area contributed by atoms with Gasteiger partial charge >= 0.3 is 0 Å². The fourth-order valence-corrected chi connectivity index (χ4v) is 2.52. The lowest BCUT2D eigenvalue weighted by Crippen LogP contribution is -2.37. The molecule has 0 aromatic heterocycles. The lowest BCUT2D eigenvalue weighted by Gasteiger charge is -2.12. The first-order chi connectivity index (χ1) is 11.1. The van der Waals surface area contributed by atoms with Crippen molar-refractivity contribution in [1.29, 1.82) is 0 Å². The molecule has 0 unspecified atom stereocenters. The molecule has 8 heteroatoms. The van der Waals surface area contributed by atoms with Crippen LogP contribution in [-0.4, -0.2) is 31.5 Å². The molecule has 24 heavy (non-hydrogen) atoms. The molecular formula is C16H23Cl2IN4O. The summed E-state index contributed by atoms with van der Waals surface area (Å²) in [4.78, 5) is 15.7. The second kappa shape index (κ2) is 11.0. The molecule has 0 aliphatic heterocycles. The molecule has 134 valence electrons. The Morgan fingerprint density at radius 3 is 2.67 bits per heavy atom. The van der Waals surface area contributed by atoms with Crippen molar-refractivity contribution in [2.75, 3.05) is 13.6 Å². The van der Waals surface area contributed by atoms with E-state index >= 15 is 0 Å². The van der Waals surface area contributed by atoms with Gasteiger partial charge in [0.05, 0.1) is 0 Å². The van der Waals surface area contributed by atoms with Gasteiger partial charge in [-0.05, 0) is 37.0 Å². The van der Waals surface area contributed by atoms with Crippen LogP contribution in [0.15, 0.2) is 23.2 Å². The number of nitrogens with zero attached hydrogens (tertiary/aromatic N) is 1. The number of aliphatic imine (C=N–C) groups is 1. The third-order valence-corrected chi connectivity index (χ3v) is 4.09. The van der Waals surface area contributed by atoms with Crippen molar-refractivity contribution in [1.82, 2.24) is 16.0 Å². The van der Waals surface area contributed by atoms with Crippen molar-refractivity contribution in [2.45, 2.75) is 38.3 Å². The number of amides is 1. The molecule has 0 spiro atoms. The van der Waals surface area contributed by atoms with Gasteiger partial charge in [-0.1, -0.05) is 29.3 Å². The molecule has 0 heterocycles. The van der Waals surface area contributed by atoms with Gasteiger partial charge in [-0.15, -0.1) is 24.0 Å². The number of guanidine groups is 1. The van der Waals surface area contributed by atoms with Crippen LogP contribution in [-0.2, 0) is 11.3 Å². The van der Waals surface area contributed by atoms with Crippen LogP contribution in [0.25, 0.3) is 0 Å². The lowest BCUT2D eigenvalue weighted by molar-refractivity contribution is -0.121. The summed E-state index contributed by atoms with van der Waals surface area (Å²) in [5.74, 6) is 0.809. The van der Waals surface area contributed by atoms with Crippen molar-refractivity contribution in [3.05, 3.63) is 33.8 Å². The molecule has 5 nitrogen and oxygen atoms in total. The van der Waals surface area contributed by atoms with Crippen LogP contribution in [0.2, 0.25) is 10.0 Å². The molecule has 1 aliphatic carbocycles. The standard InChI is InChI=1S/C16H22Cl2N4O.HI/c1-19-16(20-8-2-3-15(23)22-13-6-7-13)21-10-11-4-5-12(17)9-14(11)18;/h4-5,9,13H,2-3,6-8,10H2,1H3,(H,22,23)(H2,19,20,21);1H. The molecule has 0 radical (unpaired) electrons. The van der Waals surface area contributed by atoms with Gasteiger partial charge in [0.1, 0.15) is 0 Å². The Balaban J connectivity index is 0.00000288. The van der Waals surface area contributed by atoms with Crippen molar-refractivity contribution >= 4 is 59.0 Å². The summed E-state index contributed by atoms with van der Waals surface area (Å²) in [6.45, 7) is 1.24. The maximum atomic E-state index is 11.6. The summed E-state index contributed by atoms with van der Waals surface area (Å²) in [6.07, 6.45) is 3.53. The maximum absolute atomic E-state index is 11.6. The third-order valence-electron chi connectivity index (χ3n) is 3.50. The number of rotatable bonds is 7. The zero-order valence-corrected chi connectivity index (χ0v) is 17.4. The summed E-state index contributed by atoms with van der Waals surface area (Å²) in [5, 5.41) is 10.6. The minimum atomic E-state index is 0. The average molecular weight is 485 g/mol. The Hall–Kier alpha value is -0.730. The number of halogens is 3. The minimum Gasteiger partial charge on any atom is -0.356 e. The third kappa shape index (κ3) is 7.90. The summed E-state index contributed by atoms with van der Waals surface area (Å²) in [7, 11) is 1.71. The van der Waals surface area contributed by atoms with E-state index in [0.29, 0.717) is 41.6 Å². The molecule has 1 aromatic rings. The molecule has 1 fully saturated rings. The van der Waals surface area contributed by atoms with Crippen molar-refractivity contribution in [3.8, 4) is 0 Å². The topological polar surface area (TPSA) is 65.5 Å². The van der Waals surface area contributed by atoms with Gasteiger partial charge in [0.25, 0.3) is 0 Å². The van der Waals surface area contributed by atoms with Crippen LogP contribution in [0.4, 0.5) is 0 Å². The Bertz CT molecular complexity index is 579. The fourth-order valence-electron chi connectivity index (χ4n) is 2.05. The average Bonchev–Trinajstić information content (AvgIpc) is 3.32. The smallest absolute Gasteiger partial charge is 0.220 e. The van der Waals surface area contributed by atoms with Gasteiger partial charge in [0.2, 0.25) is 5.91 Å². The normalized spacial score (nSPS) is 13.9. The van der Waals surface area contributed by atoms with Gasteiger partial charge < -0.3 is 16.0 Å². The monoisotopic (exact) mass is 484 g/mol. The SMILES string of the molecule is CN=C(NCCCC(=O)NC1CC1)NCc1ccc(Cl)cc1Cl.I. The minimum absolute atomic E-state index is 0. The first-order valence-electron chi connectivity index (χ1n) is 7.76. The zero-order chi connectivity index (χ0) is 16.7. The largest absolute Gasteiger partial charge is 0.356 e. The Labute approximate surface area is 170 Å². The predicted octanol–water partition coefficient (Wildman–Crippen LogP) is 3.34. The van der Waals surface area contributed by atoms with E-state index in [1.807, 2.05) is 6.07 Å². The highest BCUT2D eigenvalue weighted by atomic mass is 127. The van der Waals surface area contributed by atoms with Crippen LogP contribution >= 0.6 is 47.2 Å². The van der Waals surface area contributed by atoms with Crippen molar-refractivity contribution in [3.63, 3.8) is 0 Å². The predicted molar refractivity (Wildman–Crippen MR) is 110 cm³/mol. The highest BCUT2D eigenvalue weighted by molar-refractivity contribution is 14.0. The van der Waals surface area contributed by atoms with E-state index in [0.717, 1.165) is 24.8 Å². The van der Waals surface area contributed by atoms with Gasteiger partial charge in [-0.2, -0.15) is 0 Å². The first kappa shape index (κ1) is 21.3. The van der Waals surface area contributed by atoms with E-state index in [2.05, 4.69) is 20.9 Å². The second-order valence-electron chi connectivity index (χ2n) is 5.53. The van der Waals surface area contributed by atoms with E-state index in [9.17, 15) is 4.79 Å². The van der Waals surface area contributed by atoms with Crippen LogP contribution in [0, 0.1) is 0 Å². The van der Waals surface area contributed by atoms with Crippen LogP contribution in [0.3, 0.4) is 0 Å². The van der Waals surface area contributed by atoms with Gasteiger partial charge in [0.15, 0.2) is 5.96 Å². The van der Waals surface area contributed by atoms with E-state index in [4.69, 9.17) is 23.2 Å². The molecule has 1 saturated carbocycles. The molecule has 2 rings (SSSR count). The highest BCUT2D eigenvalue weighted by Gasteiger charge is 2.22. The summed E-state index contributed by atoms with van der Waals surface area (Å²) >= 11 is 12.0. The Morgan fingerprint density at radius 1 is 1.29 bits per heavy atom. The molecule has 0 saturated heterocycles. The second-order valence-corrected chi connectivity index (χ2v) is 6.38. The van der Waals surface area contributed by atoms with Gasteiger partial charge in [-0.3, -0.25) is 9.79 Å². The van der Waals surface area contributed by atoms with E-state index < -0.39 is 0 Å². The molecule has 0 atom stereocenters. The first-order valence-corrected chi connectivity index (χ1v) is 8.52. The van der Waals surface area contributed by atoms with Crippen LogP contribution in [0.1, 0.15) is 31.2 Å². The number of nitrogens with one attached hydrogen (secondary N) is 3.